The van der Waals surface area contributed by atoms with Crippen molar-refractivity contribution in [2.75, 3.05) is 13.1 Å². The normalized spacial score (nSPS) is 23.1. The molecule has 0 bridgehead atoms. The molecule has 0 aromatic heterocycles. The van der Waals surface area contributed by atoms with Crippen molar-refractivity contribution < 1.29 is 13.6 Å². The number of nitrogens with one attached hydrogen (secondary N) is 2. The van der Waals surface area contributed by atoms with Gasteiger partial charge in [0.1, 0.15) is 0 Å². The minimum Gasteiger partial charge on any atom is -0.352 e. The van der Waals surface area contributed by atoms with E-state index < -0.39 is 11.6 Å². The van der Waals surface area contributed by atoms with Crippen molar-refractivity contribution in [3.8, 4) is 0 Å². The van der Waals surface area contributed by atoms with Crippen molar-refractivity contribution in [1.29, 1.82) is 0 Å². The second kappa shape index (κ2) is 5.44. The van der Waals surface area contributed by atoms with E-state index in [4.69, 9.17) is 0 Å². The fourth-order valence-corrected chi connectivity index (χ4v) is 2.13. The predicted octanol–water partition coefficient (Wildman–Crippen LogP) is 1.44. The monoisotopic (exact) mass is 254 g/mol. The maximum absolute atomic E-state index is 13.0. The van der Waals surface area contributed by atoms with E-state index >= 15 is 0 Å². The lowest BCUT2D eigenvalue weighted by molar-refractivity contribution is -0.125. The van der Waals surface area contributed by atoms with Gasteiger partial charge >= 0.3 is 0 Å². The summed E-state index contributed by atoms with van der Waals surface area (Å²) in [5.41, 5.74) is 0.556. The van der Waals surface area contributed by atoms with Crippen LogP contribution in [-0.4, -0.2) is 19.0 Å². The SMILES string of the molecule is C[C@@H]1CNC[C@H]1C(=O)NCc1ccc(F)c(F)c1. The van der Waals surface area contributed by atoms with Crippen molar-refractivity contribution in [3.05, 3.63) is 35.4 Å². The average Bonchev–Trinajstić information content (AvgIpc) is 2.77. The summed E-state index contributed by atoms with van der Waals surface area (Å²) in [5.74, 6) is -1.56. The van der Waals surface area contributed by atoms with Gasteiger partial charge in [-0.1, -0.05) is 13.0 Å². The topological polar surface area (TPSA) is 41.1 Å². The molecule has 1 aliphatic heterocycles. The third-order valence-electron chi connectivity index (χ3n) is 3.30. The number of hydrogen-bond donors (Lipinski definition) is 2. The summed E-state index contributed by atoms with van der Waals surface area (Å²) in [5, 5.41) is 5.90. The summed E-state index contributed by atoms with van der Waals surface area (Å²) in [7, 11) is 0. The highest BCUT2D eigenvalue weighted by molar-refractivity contribution is 5.79. The van der Waals surface area contributed by atoms with E-state index in [-0.39, 0.29) is 18.4 Å². The van der Waals surface area contributed by atoms with Crippen molar-refractivity contribution in [2.45, 2.75) is 13.5 Å². The lowest BCUT2D eigenvalue weighted by Crippen LogP contribution is -2.33. The van der Waals surface area contributed by atoms with E-state index in [1.165, 1.54) is 6.07 Å². The Hall–Kier alpha value is -1.49. The minimum absolute atomic E-state index is 0.0442. The summed E-state index contributed by atoms with van der Waals surface area (Å²) >= 11 is 0. The smallest absolute Gasteiger partial charge is 0.224 e. The zero-order chi connectivity index (χ0) is 13.1. The first-order valence-electron chi connectivity index (χ1n) is 6.00. The van der Waals surface area contributed by atoms with Crippen LogP contribution in [0.4, 0.5) is 8.78 Å². The number of carbonyl (C=O) groups is 1. The van der Waals surface area contributed by atoms with Gasteiger partial charge in [-0.15, -0.1) is 0 Å². The van der Waals surface area contributed by atoms with Gasteiger partial charge in [-0.3, -0.25) is 4.79 Å². The Kier molecular flexibility index (Phi) is 3.91. The second-order valence-corrected chi connectivity index (χ2v) is 4.71. The lowest BCUT2D eigenvalue weighted by atomic mass is 9.97. The van der Waals surface area contributed by atoms with Crippen LogP contribution in [0.5, 0.6) is 0 Å². The molecule has 18 heavy (non-hydrogen) atoms. The standard InChI is InChI=1S/C13H16F2N2O/c1-8-5-16-7-10(8)13(18)17-6-9-2-3-11(14)12(15)4-9/h2-4,8,10,16H,5-7H2,1H3,(H,17,18)/t8-,10-/m1/s1. The molecule has 0 unspecified atom stereocenters. The van der Waals surface area contributed by atoms with Crippen molar-refractivity contribution in [2.24, 2.45) is 11.8 Å². The van der Waals surface area contributed by atoms with E-state index in [2.05, 4.69) is 10.6 Å². The van der Waals surface area contributed by atoms with E-state index in [9.17, 15) is 13.6 Å². The van der Waals surface area contributed by atoms with Crippen LogP contribution < -0.4 is 10.6 Å². The number of rotatable bonds is 3. The first kappa shape index (κ1) is 13.0. The molecular weight excluding hydrogens is 238 g/mol. The molecule has 5 heteroatoms. The van der Waals surface area contributed by atoms with Gasteiger partial charge in [0.15, 0.2) is 11.6 Å². The number of carbonyl (C=O) groups excluding carboxylic acids is 1. The van der Waals surface area contributed by atoms with E-state index in [1.54, 1.807) is 0 Å². The zero-order valence-corrected chi connectivity index (χ0v) is 10.2. The molecule has 0 saturated carbocycles. The molecule has 1 aromatic carbocycles. The molecule has 0 radical (unpaired) electrons. The number of hydrogen-bond acceptors (Lipinski definition) is 2. The summed E-state index contributed by atoms with van der Waals surface area (Å²) in [6.07, 6.45) is 0. The first-order valence-corrected chi connectivity index (χ1v) is 6.00. The van der Waals surface area contributed by atoms with Crippen molar-refractivity contribution >= 4 is 5.91 Å². The van der Waals surface area contributed by atoms with Crippen LogP contribution in [0.15, 0.2) is 18.2 Å². The van der Waals surface area contributed by atoms with Crippen LogP contribution in [0.1, 0.15) is 12.5 Å². The molecule has 1 aromatic rings. The quantitative estimate of drug-likeness (QED) is 0.857. The van der Waals surface area contributed by atoms with Crippen molar-refractivity contribution in [3.63, 3.8) is 0 Å². The molecule has 1 saturated heterocycles. The molecule has 1 aliphatic rings. The Balaban J connectivity index is 1.91. The highest BCUT2D eigenvalue weighted by Crippen LogP contribution is 2.16. The largest absolute Gasteiger partial charge is 0.352 e. The number of benzene rings is 1. The first-order chi connectivity index (χ1) is 8.58. The van der Waals surface area contributed by atoms with Gasteiger partial charge in [0.25, 0.3) is 0 Å². The molecule has 1 amide bonds. The maximum atomic E-state index is 13.0. The fraction of sp³-hybridized carbons (Fsp3) is 0.462. The van der Waals surface area contributed by atoms with Crippen molar-refractivity contribution in [1.82, 2.24) is 10.6 Å². The Bertz CT molecular complexity index is 451. The minimum atomic E-state index is -0.891. The van der Waals surface area contributed by atoms with Gasteiger partial charge in [-0.2, -0.15) is 0 Å². The van der Waals surface area contributed by atoms with E-state index in [0.29, 0.717) is 18.0 Å². The van der Waals surface area contributed by atoms with E-state index in [1.807, 2.05) is 6.92 Å². The molecule has 1 fully saturated rings. The highest BCUT2D eigenvalue weighted by atomic mass is 19.2. The van der Waals surface area contributed by atoms with Crippen LogP contribution in [-0.2, 0) is 11.3 Å². The van der Waals surface area contributed by atoms with Crippen LogP contribution in [0.2, 0.25) is 0 Å². The van der Waals surface area contributed by atoms with Gasteiger partial charge in [0.05, 0.1) is 5.92 Å². The maximum Gasteiger partial charge on any atom is 0.224 e. The van der Waals surface area contributed by atoms with Gasteiger partial charge < -0.3 is 10.6 Å². The Labute approximate surface area is 105 Å². The molecule has 2 N–H and O–H groups in total. The lowest BCUT2D eigenvalue weighted by Gasteiger charge is -2.14. The third kappa shape index (κ3) is 2.85. The van der Waals surface area contributed by atoms with Gasteiger partial charge in [0, 0.05) is 13.1 Å². The van der Waals surface area contributed by atoms with Crippen LogP contribution in [0.25, 0.3) is 0 Å². The van der Waals surface area contributed by atoms with Gasteiger partial charge in [-0.05, 0) is 30.2 Å². The Morgan fingerprint density at radius 1 is 1.39 bits per heavy atom. The fourth-order valence-electron chi connectivity index (χ4n) is 2.13. The summed E-state index contributed by atoms with van der Waals surface area (Å²) in [6.45, 7) is 3.75. The molecule has 0 spiro atoms. The molecule has 1 heterocycles. The Morgan fingerprint density at radius 3 is 2.78 bits per heavy atom. The van der Waals surface area contributed by atoms with Crippen LogP contribution in [0.3, 0.4) is 0 Å². The summed E-state index contributed by atoms with van der Waals surface area (Å²) < 4.78 is 25.7. The van der Waals surface area contributed by atoms with Crippen LogP contribution >= 0.6 is 0 Å². The molecular formula is C13H16F2N2O. The summed E-state index contributed by atoms with van der Waals surface area (Å²) in [4.78, 5) is 11.9. The predicted molar refractivity (Wildman–Crippen MR) is 63.7 cm³/mol. The second-order valence-electron chi connectivity index (χ2n) is 4.71. The molecule has 0 aliphatic carbocycles. The molecule has 2 atom stereocenters. The molecule has 98 valence electrons. The van der Waals surface area contributed by atoms with Gasteiger partial charge in [0.2, 0.25) is 5.91 Å². The molecule has 3 nitrogen and oxygen atoms in total. The highest BCUT2D eigenvalue weighted by Gasteiger charge is 2.29. The van der Waals surface area contributed by atoms with Gasteiger partial charge in [-0.25, -0.2) is 8.78 Å². The average molecular weight is 254 g/mol. The van der Waals surface area contributed by atoms with E-state index in [0.717, 1.165) is 18.7 Å². The van der Waals surface area contributed by atoms with Crippen LogP contribution in [0, 0.1) is 23.5 Å². The summed E-state index contributed by atoms with van der Waals surface area (Å²) in [6, 6.07) is 3.64. The molecule has 2 rings (SSSR count). The zero-order valence-electron chi connectivity index (χ0n) is 10.2. The Morgan fingerprint density at radius 2 is 2.17 bits per heavy atom. The number of amides is 1. The third-order valence-corrected chi connectivity index (χ3v) is 3.30. The number of halogens is 2.